The van der Waals surface area contributed by atoms with Crippen molar-refractivity contribution in [2.75, 3.05) is 5.32 Å². The molecule has 0 unspecified atom stereocenters. The summed E-state index contributed by atoms with van der Waals surface area (Å²) in [4.78, 5) is 18.4. The fourth-order valence-corrected chi connectivity index (χ4v) is 1.82. The van der Waals surface area contributed by atoms with Gasteiger partial charge in [0.1, 0.15) is 17.7 Å². The Labute approximate surface area is 117 Å². The molecule has 0 saturated heterocycles. The van der Waals surface area contributed by atoms with Gasteiger partial charge in [0.25, 0.3) is 0 Å². The fraction of sp³-hybridized carbons (Fsp3) is 0.0833. The highest BCUT2D eigenvalue weighted by Crippen LogP contribution is 2.26. The highest BCUT2D eigenvalue weighted by molar-refractivity contribution is 6.33. The predicted octanol–water partition coefficient (Wildman–Crippen LogP) is 2.72. The molecule has 0 aliphatic heterocycles. The number of carboxylic acid groups (broad SMARTS) is 1. The van der Waals surface area contributed by atoms with Crippen LogP contribution in [0.2, 0.25) is 5.02 Å². The number of rotatable bonds is 4. The van der Waals surface area contributed by atoms with E-state index in [-0.39, 0.29) is 28.5 Å². The van der Waals surface area contributed by atoms with Crippen LogP contribution in [-0.2, 0) is 6.54 Å². The summed E-state index contributed by atoms with van der Waals surface area (Å²) in [6, 6.07) is 1.62. The molecule has 1 heterocycles. The minimum absolute atomic E-state index is 0.0908. The minimum Gasteiger partial charge on any atom is -0.478 e. The Morgan fingerprint density at radius 3 is 2.80 bits per heavy atom. The third kappa shape index (κ3) is 3.00. The summed E-state index contributed by atoms with van der Waals surface area (Å²) < 4.78 is 26.4. The summed E-state index contributed by atoms with van der Waals surface area (Å²) in [5.74, 6) is -2.87. The van der Waals surface area contributed by atoms with Crippen LogP contribution < -0.4 is 5.32 Å². The second-order valence-electron chi connectivity index (χ2n) is 3.79. The molecule has 0 fully saturated rings. The van der Waals surface area contributed by atoms with Gasteiger partial charge in [0.05, 0.1) is 22.9 Å². The Morgan fingerprint density at radius 1 is 1.40 bits per heavy atom. The minimum atomic E-state index is -1.20. The van der Waals surface area contributed by atoms with Crippen molar-refractivity contribution < 1.29 is 18.7 Å². The van der Waals surface area contributed by atoms with E-state index in [9.17, 15) is 13.6 Å². The van der Waals surface area contributed by atoms with Gasteiger partial charge in [0, 0.05) is 12.3 Å². The SMILES string of the molecule is O=C(O)c1cncnc1CNc1c(F)cc(F)cc1Cl. The molecule has 0 saturated carbocycles. The predicted molar refractivity (Wildman–Crippen MR) is 67.7 cm³/mol. The fourth-order valence-electron chi connectivity index (χ4n) is 1.56. The summed E-state index contributed by atoms with van der Waals surface area (Å²) >= 11 is 5.71. The number of carboxylic acids is 1. The van der Waals surface area contributed by atoms with Crippen LogP contribution in [0.25, 0.3) is 0 Å². The van der Waals surface area contributed by atoms with Crippen LogP contribution in [0.1, 0.15) is 16.1 Å². The number of halogens is 3. The number of nitrogens with one attached hydrogen (secondary N) is 1. The number of hydrogen-bond acceptors (Lipinski definition) is 4. The molecule has 2 N–H and O–H groups in total. The van der Waals surface area contributed by atoms with Gasteiger partial charge in [0.15, 0.2) is 5.82 Å². The van der Waals surface area contributed by atoms with E-state index in [2.05, 4.69) is 15.3 Å². The second-order valence-corrected chi connectivity index (χ2v) is 4.19. The molecule has 0 bridgehead atoms. The Morgan fingerprint density at radius 2 is 2.15 bits per heavy atom. The third-order valence-corrected chi connectivity index (χ3v) is 2.76. The molecule has 104 valence electrons. The van der Waals surface area contributed by atoms with E-state index in [0.717, 1.165) is 12.3 Å². The van der Waals surface area contributed by atoms with E-state index in [4.69, 9.17) is 16.7 Å². The van der Waals surface area contributed by atoms with E-state index in [1.165, 1.54) is 6.33 Å². The van der Waals surface area contributed by atoms with Crippen molar-refractivity contribution in [1.82, 2.24) is 9.97 Å². The first-order valence-electron chi connectivity index (χ1n) is 5.39. The summed E-state index contributed by atoms with van der Waals surface area (Å²) in [6.45, 7) is -0.0908. The molecule has 0 amide bonds. The number of anilines is 1. The Balaban J connectivity index is 2.24. The highest BCUT2D eigenvalue weighted by atomic mass is 35.5. The van der Waals surface area contributed by atoms with Gasteiger partial charge >= 0.3 is 5.97 Å². The molecule has 8 heteroatoms. The summed E-state index contributed by atoms with van der Waals surface area (Å²) in [5.41, 5.74) is -0.0750. The molecule has 2 aromatic rings. The van der Waals surface area contributed by atoms with E-state index < -0.39 is 17.6 Å². The van der Waals surface area contributed by atoms with E-state index in [1.54, 1.807) is 0 Å². The quantitative estimate of drug-likeness (QED) is 0.908. The number of aromatic carboxylic acids is 1. The highest BCUT2D eigenvalue weighted by Gasteiger charge is 2.14. The van der Waals surface area contributed by atoms with Crippen LogP contribution in [0.4, 0.5) is 14.5 Å². The average Bonchev–Trinajstić information content (AvgIpc) is 2.37. The number of benzene rings is 1. The van der Waals surface area contributed by atoms with Crippen LogP contribution in [0.5, 0.6) is 0 Å². The van der Waals surface area contributed by atoms with E-state index >= 15 is 0 Å². The molecule has 0 atom stereocenters. The van der Waals surface area contributed by atoms with Crippen LogP contribution in [0, 0.1) is 11.6 Å². The van der Waals surface area contributed by atoms with Crippen LogP contribution in [0.3, 0.4) is 0 Å². The summed E-state index contributed by atoms with van der Waals surface area (Å²) in [6.07, 6.45) is 2.31. The lowest BCUT2D eigenvalue weighted by atomic mass is 10.2. The lowest BCUT2D eigenvalue weighted by Gasteiger charge is -2.10. The first-order chi connectivity index (χ1) is 9.49. The normalized spacial score (nSPS) is 10.3. The van der Waals surface area contributed by atoms with Gasteiger partial charge in [-0.25, -0.2) is 23.5 Å². The molecule has 0 spiro atoms. The van der Waals surface area contributed by atoms with Gasteiger partial charge in [-0.05, 0) is 6.07 Å². The Bertz CT molecular complexity index is 644. The van der Waals surface area contributed by atoms with Crippen molar-refractivity contribution in [3.8, 4) is 0 Å². The van der Waals surface area contributed by atoms with Crippen LogP contribution in [0.15, 0.2) is 24.7 Å². The standard InChI is InChI=1S/C12H8ClF2N3O2/c13-8-1-6(14)2-9(15)11(8)17-4-10-7(12(19)20)3-16-5-18-10/h1-3,5,17H,4H2,(H,19,20). The van der Waals surface area contributed by atoms with Gasteiger partial charge in [-0.2, -0.15) is 0 Å². The molecular formula is C12H8ClF2N3O2. The van der Waals surface area contributed by atoms with Crippen LogP contribution in [-0.4, -0.2) is 21.0 Å². The second kappa shape index (κ2) is 5.79. The zero-order valence-corrected chi connectivity index (χ0v) is 10.7. The van der Waals surface area contributed by atoms with Crippen molar-refractivity contribution in [2.45, 2.75) is 6.54 Å². The zero-order valence-electron chi connectivity index (χ0n) is 9.90. The number of nitrogens with zero attached hydrogens (tertiary/aromatic N) is 2. The maximum Gasteiger partial charge on any atom is 0.339 e. The monoisotopic (exact) mass is 299 g/mol. The molecule has 0 radical (unpaired) electrons. The Hall–Kier alpha value is -2.28. The van der Waals surface area contributed by atoms with E-state index in [1.807, 2.05) is 0 Å². The molecule has 0 aliphatic carbocycles. The third-order valence-electron chi connectivity index (χ3n) is 2.46. The van der Waals surface area contributed by atoms with Crippen molar-refractivity contribution in [2.24, 2.45) is 0 Å². The molecular weight excluding hydrogens is 292 g/mol. The molecule has 2 rings (SSSR count). The first-order valence-corrected chi connectivity index (χ1v) is 5.77. The van der Waals surface area contributed by atoms with Crippen molar-refractivity contribution in [1.29, 1.82) is 0 Å². The number of carbonyl (C=O) groups is 1. The largest absolute Gasteiger partial charge is 0.478 e. The first kappa shape index (κ1) is 14.1. The van der Waals surface area contributed by atoms with Gasteiger partial charge < -0.3 is 10.4 Å². The smallest absolute Gasteiger partial charge is 0.339 e. The topological polar surface area (TPSA) is 75.1 Å². The van der Waals surface area contributed by atoms with Crippen molar-refractivity contribution in [3.05, 3.63) is 52.6 Å². The molecule has 1 aromatic heterocycles. The van der Waals surface area contributed by atoms with Gasteiger partial charge in [-0.15, -0.1) is 0 Å². The summed E-state index contributed by atoms with van der Waals surface area (Å²) in [5, 5.41) is 11.4. The number of aromatic nitrogens is 2. The molecule has 1 aromatic carbocycles. The summed E-state index contributed by atoms with van der Waals surface area (Å²) in [7, 11) is 0. The lowest BCUT2D eigenvalue weighted by Crippen LogP contribution is -2.11. The lowest BCUT2D eigenvalue weighted by molar-refractivity contribution is 0.0694. The maximum absolute atomic E-state index is 13.5. The zero-order chi connectivity index (χ0) is 14.7. The van der Waals surface area contributed by atoms with Gasteiger partial charge in [-0.3, -0.25) is 0 Å². The maximum atomic E-state index is 13.5. The molecule has 0 aliphatic rings. The van der Waals surface area contributed by atoms with Gasteiger partial charge in [-0.1, -0.05) is 11.6 Å². The van der Waals surface area contributed by atoms with Crippen molar-refractivity contribution in [3.63, 3.8) is 0 Å². The molecule has 20 heavy (non-hydrogen) atoms. The van der Waals surface area contributed by atoms with E-state index in [0.29, 0.717) is 6.07 Å². The average molecular weight is 300 g/mol. The number of hydrogen-bond donors (Lipinski definition) is 2. The Kier molecular flexibility index (Phi) is 4.09. The van der Waals surface area contributed by atoms with Crippen LogP contribution >= 0.6 is 11.6 Å². The van der Waals surface area contributed by atoms with Gasteiger partial charge in [0.2, 0.25) is 0 Å². The molecule has 5 nitrogen and oxygen atoms in total. The van der Waals surface area contributed by atoms with Crippen molar-refractivity contribution >= 4 is 23.3 Å².